The zero-order valence-electron chi connectivity index (χ0n) is 10.6. The molecule has 1 atom stereocenters. The van der Waals surface area contributed by atoms with Crippen LogP contribution in [-0.2, 0) is 0 Å². The fourth-order valence-electron chi connectivity index (χ4n) is 1.43. The molecule has 1 rings (SSSR count). The van der Waals surface area contributed by atoms with Crippen molar-refractivity contribution >= 4 is 0 Å². The number of para-hydroxylation sites is 1. The molecule has 3 heteroatoms. The molecule has 0 heterocycles. The van der Waals surface area contributed by atoms with Gasteiger partial charge in [0.25, 0.3) is 0 Å². The summed E-state index contributed by atoms with van der Waals surface area (Å²) in [7, 11) is 0. The van der Waals surface area contributed by atoms with E-state index in [4.69, 9.17) is 10.00 Å². The second kappa shape index (κ2) is 5.70. The van der Waals surface area contributed by atoms with Crippen LogP contribution in [0.25, 0.3) is 0 Å². The molecule has 92 valence electrons. The molecular formula is C14H19NO2. The number of nitrogens with zero attached hydrogens (tertiary/aromatic N) is 1. The highest BCUT2D eigenvalue weighted by molar-refractivity contribution is 5.34. The second-order valence-corrected chi connectivity index (χ2v) is 4.81. The normalized spacial score (nSPS) is 12.9. The number of ether oxygens (including phenoxy) is 1. The standard InChI is InChI=1S/C14H19NO2/c1-11(16)12-6-4-5-7-13(12)17-9-8-14(2,3)10-15/h4-7,11,16H,8-9H2,1-3H3. The van der Waals surface area contributed by atoms with Gasteiger partial charge >= 0.3 is 0 Å². The zero-order valence-corrected chi connectivity index (χ0v) is 10.6. The first-order valence-electron chi connectivity index (χ1n) is 5.77. The molecule has 1 aromatic carbocycles. The van der Waals surface area contributed by atoms with Gasteiger partial charge in [-0.15, -0.1) is 0 Å². The highest BCUT2D eigenvalue weighted by Gasteiger charge is 2.17. The van der Waals surface area contributed by atoms with Gasteiger partial charge in [-0.1, -0.05) is 18.2 Å². The first-order valence-corrected chi connectivity index (χ1v) is 5.77. The molecular weight excluding hydrogens is 214 g/mol. The summed E-state index contributed by atoms with van der Waals surface area (Å²) in [6.45, 7) is 5.96. The average molecular weight is 233 g/mol. The van der Waals surface area contributed by atoms with Crippen molar-refractivity contribution in [2.45, 2.75) is 33.3 Å². The van der Waals surface area contributed by atoms with E-state index in [0.717, 1.165) is 5.56 Å². The predicted octanol–water partition coefficient (Wildman–Crippen LogP) is 3.06. The monoisotopic (exact) mass is 233 g/mol. The third-order valence-corrected chi connectivity index (χ3v) is 2.66. The van der Waals surface area contributed by atoms with Crippen LogP contribution in [0.4, 0.5) is 0 Å². The van der Waals surface area contributed by atoms with Gasteiger partial charge in [0.05, 0.1) is 24.2 Å². The number of aliphatic hydroxyl groups is 1. The molecule has 0 saturated heterocycles. The van der Waals surface area contributed by atoms with Gasteiger partial charge in [0.2, 0.25) is 0 Å². The molecule has 0 fully saturated rings. The first-order chi connectivity index (χ1) is 7.96. The molecule has 0 radical (unpaired) electrons. The summed E-state index contributed by atoms with van der Waals surface area (Å²) in [6, 6.07) is 9.65. The minimum absolute atomic E-state index is 0.375. The molecule has 0 aliphatic carbocycles. The van der Waals surface area contributed by atoms with Crippen LogP contribution in [0.1, 0.15) is 38.9 Å². The van der Waals surface area contributed by atoms with E-state index in [1.54, 1.807) is 6.92 Å². The van der Waals surface area contributed by atoms with E-state index < -0.39 is 6.10 Å². The van der Waals surface area contributed by atoms with Gasteiger partial charge in [-0.25, -0.2) is 0 Å². The Bertz CT molecular complexity index is 405. The summed E-state index contributed by atoms with van der Waals surface area (Å²) in [5, 5.41) is 18.5. The maximum absolute atomic E-state index is 9.58. The molecule has 0 aromatic heterocycles. The van der Waals surface area contributed by atoms with E-state index in [1.165, 1.54) is 0 Å². The lowest BCUT2D eigenvalue weighted by Gasteiger charge is -2.17. The van der Waals surface area contributed by atoms with Gasteiger partial charge in [-0.05, 0) is 33.3 Å². The molecule has 0 aliphatic rings. The fourth-order valence-corrected chi connectivity index (χ4v) is 1.43. The maximum Gasteiger partial charge on any atom is 0.125 e. The highest BCUT2D eigenvalue weighted by Crippen LogP contribution is 2.26. The maximum atomic E-state index is 9.58. The Morgan fingerprint density at radius 2 is 2.06 bits per heavy atom. The number of aliphatic hydroxyl groups excluding tert-OH is 1. The summed E-state index contributed by atoms with van der Waals surface area (Å²) in [6.07, 6.45) is 0.118. The Labute approximate surface area is 103 Å². The first kappa shape index (κ1) is 13.5. The minimum Gasteiger partial charge on any atom is -0.493 e. The van der Waals surface area contributed by atoms with E-state index in [0.29, 0.717) is 18.8 Å². The van der Waals surface area contributed by atoms with Gasteiger partial charge < -0.3 is 9.84 Å². The van der Waals surface area contributed by atoms with Crippen molar-refractivity contribution in [3.05, 3.63) is 29.8 Å². The molecule has 1 aromatic rings. The summed E-state index contributed by atoms with van der Waals surface area (Å²) in [5.41, 5.74) is 0.405. The van der Waals surface area contributed by atoms with Gasteiger partial charge in [0, 0.05) is 5.56 Å². The van der Waals surface area contributed by atoms with Crippen molar-refractivity contribution in [3.63, 3.8) is 0 Å². The third kappa shape index (κ3) is 4.08. The number of rotatable bonds is 5. The van der Waals surface area contributed by atoms with Gasteiger partial charge in [0.15, 0.2) is 0 Å². The van der Waals surface area contributed by atoms with Crippen LogP contribution in [-0.4, -0.2) is 11.7 Å². The lowest BCUT2D eigenvalue weighted by atomic mass is 9.92. The van der Waals surface area contributed by atoms with Crippen LogP contribution in [0.5, 0.6) is 5.75 Å². The molecule has 0 saturated carbocycles. The van der Waals surface area contributed by atoms with Crippen LogP contribution in [0.15, 0.2) is 24.3 Å². The minimum atomic E-state index is -0.546. The van der Waals surface area contributed by atoms with Crippen LogP contribution < -0.4 is 4.74 Å². The summed E-state index contributed by atoms with van der Waals surface area (Å²) in [5.74, 6) is 0.691. The van der Waals surface area contributed by atoms with Crippen molar-refractivity contribution in [1.82, 2.24) is 0 Å². The SMILES string of the molecule is CC(O)c1ccccc1OCCC(C)(C)C#N. The number of benzene rings is 1. The lowest BCUT2D eigenvalue weighted by Crippen LogP contribution is -2.13. The fraction of sp³-hybridized carbons (Fsp3) is 0.500. The topological polar surface area (TPSA) is 53.2 Å². The number of nitriles is 1. The van der Waals surface area contributed by atoms with Crippen molar-refractivity contribution < 1.29 is 9.84 Å². The van der Waals surface area contributed by atoms with Crippen LogP contribution in [0.3, 0.4) is 0 Å². The smallest absolute Gasteiger partial charge is 0.125 e. The average Bonchev–Trinajstić information content (AvgIpc) is 2.29. The molecule has 3 nitrogen and oxygen atoms in total. The third-order valence-electron chi connectivity index (χ3n) is 2.66. The second-order valence-electron chi connectivity index (χ2n) is 4.81. The van der Waals surface area contributed by atoms with Crippen molar-refractivity contribution in [3.8, 4) is 11.8 Å². The van der Waals surface area contributed by atoms with E-state index in [1.807, 2.05) is 38.1 Å². The molecule has 0 bridgehead atoms. The lowest BCUT2D eigenvalue weighted by molar-refractivity contribution is 0.188. The van der Waals surface area contributed by atoms with Gasteiger partial charge in [0.1, 0.15) is 5.75 Å². The van der Waals surface area contributed by atoms with E-state index in [2.05, 4.69) is 6.07 Å². The van der Waals surface area contributed by atoms with Crippen LogP contribution >= 0.6 is 0 Å². The molecule has 0 aliphatic heterocycles. The number of hydrogen-bond acceptors (Lipinski definition) is 3. The van der Waals surface area contributed by atoms with E-state index in [-0.39, 0.29) is 5.41 Å². The molecule has 17 heavy (non-hydrogen) atoms. The molecule has 1 N–H and O–H groups in total. The van der Waals surface area contributed by atoms with Gasteiger partial charge in [-0.3, -0.25) is 0 Å². The molecule has 0 amide bonds. The quantitative estimate of drug-likeness (QED) is 0.850. The van der Waals surface area contributed by atoms with Crippen molar-refractivity contribution in [2.24, 2.45) is 5.41 Å². The van der Waals surface area contributed by atoms with Gasteiger partial charge in [-0.2, -0.15) is 5.26 Å². The predicted molar refractivity (Wildman–Crippen MR) is 66.6 cm³/mol. The van der Waals surface area contributed by atoms with E-state index in [9.17, 15) is 5.11 Å². The number of hydrogen-bond donors (Lipinski definition) is 1. The Morgan fingerprint density at radius 3 is 2.65 bits per heavy atom. The summed E-state index contributed by atoms with van der Waals surface area (Å²) in [4.78, 5) is 0. The Balaban J connectivity index is 2.62. The molecule has 0 spiro atoms. The summed E-state index contributed by atoms with van der Waals surface area (Å²) < 4.78 is 5.63. The largest absolute Gasteiger partial charge is 0.493 e. The zero-order chi connectivity index (χ0) is 12.9. The van der Waals surface area contributed by atoms with E-state index >= 15 is 0 Å². The Hall–Kier alpha value is -1.53. The molecule has 1 unspecified atom stereocenters. The highest BCUT2D eigenvalue weighted by atomic mass is 16.5. The summed E-state index contributed by atoms with van der Waals surface area (Å²) >= 11 is 0. The Kier molecular flexibility index (Phi) is 4.53. The Morgan fingerprint density at radius 1 is 1.41 bits per heavy atom. The van der Waals surface area contributed by atoms with Crippen molar-refractivity contribution in [2.75, 3.05) is 6.61 Å². The van der Waals surface area contributed by atoms with Crippen molar-refractivity contribution in [1.29, 1.82) is 5.26 Å². The van der Waals surface area contributed by atoms with Crippen LogP contribution in [0, 0.1) is 16.7 Å². The van der Waals surface area contributed by atoms with Crippen LogP contribution in [0.2, 0.25) is 0 Å².